The van der Waals surface area contributed by atoms with Crippen molar-refractivity contribution in [3.63, 3.8) is 0 Å². The lowest BCUT2D eigenvalue weighted by molar-refractivity contribution is 0.0917. The van der Waals surface area contributed by atoms with Crippen molar-refractivity contribution in [2.45, 2.75) is 19.4 Å². The SMILES string of the molecule is CC[C@@H](CO)NC(=O)c1csc2ccccc12. The minimum Gasteiger partial charge on any atom is -0.394 e. The lowest BCUT2D eigenvalue weighted by atomic mass is 10.1. The third-order valence-corrected chi connectivity index (χ3v) is 3.74. The molecule has 1 atom stereocenters. The number of fused-ring (bicyclic) bond motifs is 1. The third-order valence-electron chi connectivity index (χ3n) is 2.77. The van der Waals surface area contributed by atoms with Gasteiger partial charge in [0.05, 0.1) is 18.2 Å². The summed E-state index contributed by atoms with van der Waals surface area (Å²) in [5.41, 5.74) is 0.692. The molecule has 0 spiro atoms. The number of amides is 1. The first-order valence-corrected chi connectivity index (χ1v) is 6.52. The van der Waals surface area contributed by atoms with E-state index >= 15 is 0 Å². The molecule has 0 saturated carbocycles. The molecule has 90 valence electrons. The Balaban J connectivity index is 2.25. The smallest absolute Gasteiger partial charge is 0.253 e. The highest BCUT2D eigenvalue weighted by Gasteiger charge is 2.14. The average molecular weight is 249 g/mol. The number of hydrogen-bond donors (Lipinski definition) is 2. The lowest BCUT2D eigenvalue weighted by Crippen LogP contribution is -2.36. The Morgan fingerprint density at radius 2 is 2.24 bits per heavy atom. The van der Waals surface area contributed by atoms with E-state index in [1.165, 1.54) is 0 Å². The molecule has 0 aliphatic carbocycles. The Kier molecular flexibility index (Phi) is 3.76. The number of aliphatic hydroxyl groups excluding tert-OH is 1. The quantitative estimate of drug-likeness (QED) is 0.874. The second kappa shape index (κ2) is 5.29. The fraction of sp³-hybridized carbons (Fsp3) is 0.308. The molecule has 1 heterocycles. The van der Waals surface area contributed by atoms with Crippen LogP contribution in [0.1, 0.15) is 23.7 Å². The van der Waals surface area contributed by atoms with Gasteiger partial charge in [-0.15, -0.1) is 11.3 Å². The van der Waals surface area contributed by atoms with Gasteiger partial charge in [0.1, 0.15) is 0 Å². The van der Waals surface area contributed by atoms with Crippen molar-refractivity contribution < 1.29 is 9.90 Å². The number of carbonyl (C=O) groups is 1. The molecule has 2 rings (SSSR count). The predicted molar refractivity (Wildman–Crippen MR) is 70.5 cm³/mol. The topological polar surface area (TPSA) is 49.3 Å². The van der Waals surface area contributed by atoms with Gasteiger partial charge >= 0.3 is 0 Å². The van der Waals surface area contributed by atoms with Crippen LogP contribution in [0, 0.1) is 0 Å². The molecule has 1 aromatic carbocycles. The van der Waals surface area contributed by atoms with E-state index in [-0.39, 0.29) is 18.6 Å². The van der Waals surface area contributed by atoms with Gasteiger partial charge in [-0.05, 0) is 12.5 Å². The largest absolute Gasteiger partial charge is 0.394 e. The Bertz CT molecular complexity index is 517. The third kappa shape index (κ3) is 2.48. The van der Waals surface area contributed by atoms with Crippen LogP contribution < -0.4 is 5.32 Å². The normalized spacial score (nSPS) is 12.6. The van der Waals surface area contributed by atoms with Crippen LogP contribution in [-0.4, -0.2) is 23.7 Å². The summed E-state index contributed by atoms with van der Waals surface area (Å²) in [6.07, 6.45) is 0.726. The number of hydrogen-bond acceptors (Lipinski definition) is 3. The number of aliphatic hydroxyl groups is 1. The first-order chi connectivity index (χ1) is 8.26. The molecule has 0 aliphatic heterocycles. The second-order valence-corrected chi connectivity index (χ2v) is 4.82. The van der Waals surface area contributed by atoms with Crippen molar-refractivity contribution in [2.24, 2.45) is 0 Å². The van der Waals surface area contributed by atoms with E-state index in [9.17, 15) is 4.79 Å². The molecule has 1 aromatic heterocycles. The Morgan fingerprint density at radius 1 is 1.47 bits per heavy atom. The summed E-state index contributed by atoms with van der Waals surface area (Å²) in [6.45, 7) is 1.91. The van der Waals surface area contributed by atoms with Crippen LogP contribution in [0.15, 0.2) is 29.6 Å². The van der Waals surface area contributed by atoms with Crippen molar-refractivity contribution in [3.8, 4) is 0 Å². The average Bonchev–Trinajstić information content (AvgIpc) is 2.79. The van der Waals surface area contributed by atoms with E-state index in [0.29, 0.717) is 5.56 Å². The zero-order valence-corrected chi connectivity index (χ0v) is 10.5. The molecule has 0 aliphatic rings. The Labute approximate surface area is 104 Å². The molecule has 0 saturated heterocycles. The highest BCUT2D eigenvalue weighted by Crippen LogP contribution is 2.25. The van der Waals surface area contributed by atoms with Crippen LogP contribution in [0.25, 0.3) is 10.1 Å². The van der Waals surface area contributed by atoms with Crippen molar-refractivity contribution in [3.05, 3.63) is 35.2 Å². The van der Waals surface area contributed by atoms with Crippen molar-refractivity contribution >= 4 is 27.3 Å². The molecule has 0 bridgehead atoms. The molecule has 17 heavy (non-hydrogen) atoms. The molecular formula is C13H15NO2S. The molecule has 4 heteroatoms. The van der Waals surface area contributed by atoms with Crippen LogP contribution in [0.4, 0.5) is 0 Å². The molecule has 1 amide bonds. The summed E-state index contributed by atoms with van der Waals surface area (Å²) in [6, 6.07) is 7.67. The number of carbonyl (C=O) groups excluding carboxylic acids is 1. The van der Waals surface area contributed by atoms with Crippen molar-refractivity contribution in [2.75, 3.05) is 6.61 Å². The highest BCUT2D eigenvalue weighted by atomic mass is 32.1. The summed E-state index contributed by atoms with van der Waals surface area (Å²) in [4.78, 5) is 12.0. The molecule has 0 unspecified atom stereocenters. The molecule has 2 aromatic rings. The monoisotopic (exact) mass is 249 g/mol. The van der Waals surface area contributed by atoms with E-state index in [1.54, 1.807) is 11.3 Å². The first kappa shape index (κ1) is 12.1. The summed E-state index contributed by atoms with van der Waals surface area (Å²) >= 11 is 1.56. The fourth-order valence-electron chi connectivity index (χ4n) is 1.69. The van der Waals surface area contributed by atoms with Crippen LogP contribution in [0.5, 0.6) is 0 Å². The molecule has 0 radical (unpaired) electrons. The van der Waals surface area contributed by atoms with Gasteiger partial charge in [0.25, 0.3) is 5.91 Å². The van der Waals surface area contributed by atoms with Gasteiger partial charge in [0.2, 0.25) is 0 Å². The van der Waals surface area contributed by atoms with E-state index in [1.807, 2.05) is 36.6 Å². The lowest BCUT2D eigenvalue weighted by Gasteiger charge is -2.13. The van der Waals surface area contributed by atoms with E-state index < -0.39 is 0 Å². The predicted octanol–water partition coefficient (Wildman–Crippen LogP) is 2.40. The summed E-state index contributed by atoms with van der Waals surface area (Å²) in [5, 5.41) is 14.7. The van der Waals surface area contributed by atoms with Crippen molar-refractivity contribution in [1.82, 2.24) is 5.32 Å². The molecule has 0 fully saturated rings. The van der Waals surface area contributed by atoms with Gasteiger partial charge in [0, 0.05) is 15.5 Å². The fourth-order valence-corrected chi connectivity index (χ4v) is 2.63. The van der Waals surface area contributed by atoms with Crippen LogP contribution >= 0.6 is 11.3 Å². The molecule has 3 nitrogen and oxygen atoms in total. The Hall–Kier alpha value is -1.39. The maximum absolute atomic E-state index is 12.0. The van der Waals surface area contributed by atoms with Crippen LogP contribution in [0.3, 0.4) is 0 Å². The number of rotatable bonds is 4. The summed E-state index contributed by atoms with van der Waals surface area (Å²) < 4.78 is 1.11. The van der Waals surface area contributed by atoms with E-state index in [2.05, 4.69) is 5.32 Å². The van der Waals surface area contributed by atoms with E-state index in [0.717, 1.165) is 16.5 Å². The first-order valence-electron chi connectivity index (χ1n) is 5.64. The zero-order chi connectivity index (χ0) is 12.3. The minimum absolute atomic E-state index is 0.0235. The highest BCUT2D eigenvalue weighted by molar-refractivity contribution is 7.17. The van der Waals surface area contributed by atoms with Gasteiger partial charge in [-0.25, -0.2) is 0 Å². The Morgan fingerprint density at radius 3 is 2.94 bits per heavy atom. The van der Waals surface area contributed by atoms with Crippen LogP contribution in [-0.2, 0) is 0 Å². The maximum Gasteiger partial charge on any atom is 0.253 e. The van der Waals surface area contributed by atoms with Gasteiger partial charge in [-0.2, -0.15) is 0 Å². The van der Waals surface area contributed by atoms with Gasteiger partial charge in [-0.3, -0.25) is 4.79 Å². The summed E-state index contributed by atoms with van der Waals surface area (Å²) in [7, 11) is 0. The van der Waals surface area contributed by atoms with Crippen molar-refractivity contribution in [1.29, 1.82) is 0 Å². The van der Waals surface area contributed by atoms with Gasteiger partial charge in [-0.1, -0.05) is 25.1 Å². The standard InChI is InChI=1S/C13H15NO2S/c1-2-9(7-15)14-13(16)11-8-17-12-6-4-3-5-10(11)12/h3-6,8-9,15H,2,7H2,1H3,(H,14,16)/t9-/m0/s1. The molecule has 2 N–H and O–H groups in total. The maximum atomic E-state index is 12.0. The zero-order valence-electron chi connectivity index (χ0n) is 9.64. The van der Waals surface area contributed by atoms with Gasteiger partial charge < -0.3 is 10.4 Å². The number of benzene rings is 1. The number of nitrogens with one attached hydrogen (secondary N) is 1. The second-order valence-electron chi connectivity index (χ2n) is 3.91. The summed E-state index contributed by atoms with van der Waals surface area (Å²) in [5.74, 6) is -0.108. The van der Waals surface area contributed by atoms with Gasteiger partial charge in [0.15, 0.2) is 0 Å². The molecular weight excluding hydrogens is 234 g/mol. The minimum atomic E-state index is -0.166. The van der Waals surface area contributed by atoms with E-state index in [4.69, 9.17) is 5.11 Å². The number of thiophene rings is 1. The van der Waals surface area contributed by atoms with Crippen LogP contribution in [0.2, 0.25) is 0 Å².